The molecule has 84 valence electrons. The van der Waals surface area contributed by atoms with Crippen LogP contribution in [0.2, 0.25) is 0 Å². The Balaban J connectivity index is 2.95. The fourth-order valence-corrected chi connectivity index (χ4v) is 1.35. The summed E-state index contributed by atoms with van der Waals surface area (Å²) in [6.07, 6.45) is 5.89. The molecule has 3 nitrogen and oxygen atoms in total. The first-order chi connectivity index (χ1) is 7.72. The van der Waals surface area contributed by atoms with Crippen molar-refractivity contribution in [1.82, 2.24) is 0 Å². The second-order valence-corrected chi connectivity index (χ2v) is 3.19. The average molecular weight is 218 g/mol. The van der Waals surface area contributed by atoms with Gasteiger partial charge in [0.25, 0.3) is 0 Å². The summed E-state index contributed by atoms with van der Waals surface area (Å²) in [5.74, 6) is 3.60. The van der Waals surface area contributed by atoms with Crippen LogP contribution in [0, 0.1) is 12.3 Å². The summed E-state index contributed by atoms with van der Waals surface area (Å²) < 4.78 is 10.2. The molecule has 0 amide bonds. The lowest BCUT2D eigenvalue weighted by molar-refractivity contribution is 0.0981. The van der Waals surface area contributed by atoms with Crippen LogP contribution in [0.3, 0.4) is 0 Å². The lowest BCUT2D eigenvalue weighted by Crippen LogP contribution is -2.02. The first kappa shape index (κ1) is 12.1. The molecular formula is C13H14O3. The molecule has 0 fully saturated rings. The predicted octanol–water partition coefficient (Wildman–Crippen LogP) is 2.30. The summed E-state index contributed by atoms with van der Waals surface area (Å²) in [4.78, 5) is 11.8. The van der Waals surface area contributed by atoms with Crippen LogP contribution in [0.15, 0.2) is 18.2 Å². The van der Waals surface area contributed by atoms with E-state index in [1.165, 1.54) is 7.11 Å². The third kappa shape index (κ3) is 2.77. The van der Waals surface area contributed by atoms with Crippen LogP contribution < -0.4 is 9.47 Å². The second kappa shape index (κ2) is 5.82. The Hall–Kier alpha value is -1.95. The minimum Gasteiger partial charge on any atom is -0.497 e. The van der Waals surface area contributed by atoms with Gasteiger partial charge in [0.15, 0.2) is 5.78 Å². The molecule has 0 heterocycles. The van der Waals surface area contributed by atoms with E-state index in [4.69, 9.17) is 15.9 Å². The highest BCUT2D eigenvalue weighted by atomic mass is 16.5. The number of ketones is 1. The van der Waals surface area contributed by atoms with Crippen molar-refractivity contribution >= 4 is 5.78 Å². The number of benzene rings is 1. The first-order valence-electron chi connectivity index (χ1n) is 4.91. The topological polar surface area (TPSA) is 35.5 Å². The largest absolute Gasteiger partial charge is 0.497 e. The van der Waals surface area contributed by atoms with Crippen LogP contribution in [0.1, 0.15) is 23.2 Å². The molecule has 0 saturated heterocycles. The van der Waals surface area contributed by atoms with Gasteiger partial charge >= 0.3 is 0 Å². The van der Waals surface area contributed by atoms with Crippen molar-refractivity contribution in [2.45, 2.75) is 12.8 Å². The van der Waals surface area contributed by atoms with E-state index >= 15 is 0 Å². The van der Waals surface area contributed by atoms with Gasteiger partial charge in [-0.3, -0.25) is 4.79 Å². The molecule has 0 unspecified atom stereocenters. The Bertz CT molecular complexity index is 416. The van der Waals surface area contributed by atoms with E-state index < -0.39 is 0 Å². The zero-order chi connectivity index (χ0) is 12.0. The van der Waals surface area contributed by atoms with Crippen LogP contribution in [0.25, 0.3) is 0 Å². The highest BCUT2D eigenvalue weighted by Gasteiger charge is 2.12. The third-order valence-electron chi connectivity index (χ3n) is 2.21. The fraction of sp³-hybridized carbons (Fsp3) is 0.308. The molecule has 0 spiro atoms. The standard InChI is InChI=1S/C13H14O3/c1-4-5-6-12(14)11-8-7-10(15-2)9-13(11)16-3/h1,7-9H,5-6H2,2-3H3. The van der Waals surface area contributed by atoms with Gasteiger partial charge in [-0.1, -0.05) is 0 Å². The number of carbonyl (C=O) groups is 1. The van der Waals surface area contributed by atoms with Gasteiger partial charge in [0.05, 0.1) is 19.8 Å². The Morgan fingerprint density at radius 2 is 2.12 bits per heavy atom. The summed E-state index contributed by atoms with van der Waals surface area (Å²) >= 11 is 0. The quantitative estimate of drug-likeness (QED) is 0.562. The van der Waals surface area contributed by atoms with Crippen molar-refractivity contribution in [2.24, 2.45) is 0 Å². The molecule has 0 radical (unpaired) electrons. The van der Waals surface area contributed by atoms with Gasteiger partial charge in [0.1, 0.15) is 11.5 Å². The van der Waals surface area contributed by atoms with Gasteiger partial charge < -0.3 is 9.47 Å². The van der Waals surface area contributed by atoms with Crippen molar-refractivity contribution in [3.05, 3.63) is 23.8 Å². The predicted molar refractivity (Wildman–Crippen MR) is 61.9 cm³/mol. The highest BCUT2D eigenvalue weighted by Crippen LogP contribution is 2.25. The molecule has 0 atom stereocenters. The maximum Gasteiger partial charge on any atom is 0.167 e. The minimum absolute atomic E-state index is 0.0162. The molecule has 3 heteroatoms. The number of rotatable bonds is 5. The van der Waals surface area contributed by atoms with E-state index in [9.17, 15) is 4.79 Å². The number of terminal acetylenes is 1. The Morgan fingerprint density at radius 1 is 1.38 bits per heavy atom. The molecule has 1 rings (SSSR count). The maximum absolute atomic E-state index is 11.8. The van der Waals surface area contributed by atoms with Gasteiger partial charge in [-0.25, -0.2) is 0 Å². The molecule has 0 aliphatic rings. The monoisotopic (exact) mass is 218 g/mol. The molecule has 1 aromatic carbocycles. The summed E-state index contributed by atoms with van der Waals surface area (Å²) in [7, 11) is 3.08. The Kier molecular flexibility index (Phi) is 4.41. The minimum atomic E-state index is -0.0162. The zero-order valence-electron chi connectivity index (χ0n) is 9.45. The lowest BCUT2D eigenvalue weighted by Gasteiger charge is -2.08. The molecule has 16 heavy (non-hydrogen) atoms. The smallest absolute Gasteiger partial charge is 0.167 e. The molecular weight excluding hydrogens is 204 g/mol. The van der Waals surface area contributed by atoms with Crippen molar-refractivity contribution in [2.75, 3.05) is 14.2 Å². The molecule has 1 aromatic rings. The van der Waals surface area contributed by atoms with Gasteiger partial charge in [0.2, 0.25) is 0 Å². The lowest BCUT2D eigenvalue weighted by atomic mass is 10.1. The van der Waals surface area contributed by atoms with Crippen LogP contribution in [-0.2, 0) is 0 Å². The van der Waals surface area contributed by atoms with Gasteiger partial charge in [-0.05, 0) is 12.1 Å². The normalized spacial score (nSPS) is 9.31. The van der Waals surface area contributed by atoms with Crippen molar-refractivity contribution in [1.29, 1.82) is 0 Å². The van der Waals surface area contributed by atoms with Crippen LogP contribution in [0.5, 0.6) is 11.5 Å². The fourth-order valence-electron chi connectivity index (χ4n) is 1.35. The third-order valence-corrected chi connectivity index (χ3v) is 2.21. The number of hydrogen-bond donors (Lipinski definition) is 0. The van der Waals surface area contributed by atoms with Crippen LogP contribution in [-0.4, -0.2) is 20.0 Å². The van der Waals surface area contributed by atoms with E-state index in [0.717, 1.165) is 0 Å². The second-order valence-electron chi connectivity index (χ2n) is 3.19. The molecule has 0 N–H and O–H groups in total. The van der Waals surface area contributed by atoms with E-state index in [-0.39, 0.29) is 5.78 Å². The number of methoxy groups -OCH3 is 2. The SMILES string of the molecule is C#CCCC(=O)c1ccc(OC)cc1OC. The van der Waals surface area contributed by atoms with E-state index in [1.807, 2.05) is 0 Å². The van der Waals surface area contributed by atoms with Gasteiger partial charge in [-0.15, -0.1) is 12.3 Å². The average Bonchev–Trinajstić information content (AvgIpc) is 2.34. The molecule has 0 bridgehead atoms. The summed E-state index contributed by atoms with van der Waals surface area (Å²) in [5, 5.41) is 0. The zero-order valence-corrected chi connectivity index (χ0v) is 9.45. The first-order valence-corrected chi connectivity index (χ1v) is 4.91. The highest BCUT2D eigenvalue weighted by molar-refractivity contribution is 5.99. The molecule has 0 aromatic heterocycles. The van der Waals surface area contributed by atoms with Crippen LogP contribution in [0.4, 0.5) is 0 Å². The molecule has 0 saturated carbocycles. The Labute approximate surface area is 95.4 Å². The number of ether oxygens (including phenoxy) is 2. The van der Waals surface area contributed by atoms with Crippen molar-refractivity contribution in [3.63, 3.8) is 0 Å². The summed E-state index contributed by atoms with van der Waals surface area (Å²) in [5.41, 5.74) is 0.540. The molecule has 0 aliphatic heterocycles. The number of Topliss-reactive ketones (excluding diaryl/α,β-unsaturated/α-hetero) is 1. The summed E-state index contributed by atoms with van der Waals surface area (Å²) in [6, 6.07) is 5.10. The number of carbonyl (C=O) groups excluding carboxylic acids is 1. The summed E-state index contributed by atoms with van der Waals surface area (Å²) in [6.45, 7) is 0. The van der Waals surface area contributed by atoms with Gasteiger partial charge in [0, 0.05) is 18.9 Å². The van der Waals surface area contributed by atoms with E-state index in [1.54, 1.807) is 25.3 Å². The maximum atomic E-state index is 11.8. The van der Waals surface area contributed by atoms with Gasteiger partial charge in [-0.2, -0.15) is 0 Å². The van der Waals surface area contributed by atoms with Crippen molar-refractivity contribution < 1.29 is 14.3 Å². The molecule has 0 aliphatic carbocycles. The number of hydrogen-bond acceptors (Lipinski definition) is 3. The van der Waals surface area contributed by atoms with E-state index in [0.29, 0.717) is 29.9 Å². The van der Waals surface area contributed by atoms with Crippen LogP contribution >= 0.6 is 0 Å². The Morgan fingerprint density at radius 3 is 2.69 bits per heavy atom. The van der Waals surface area contributed by atoms with Crippen molar-refractivity contribution in [3.8, 4) is 23.8 Å². The van der Waals surface area contributed by atoms with E-state index in [2.05, 4.69) is 5.92 Å².